The van der Waals surface area contributed by atoms with Gasteiger partial charge in [0.2, 0.25) is 23.6 Å². The number of rotatable bonds is 30. The molecule has 2 aromatic rings. The van der Waals surface area contributed by atoms with Crippen LogP contribution < -0.4 is 15.4 Å². The van der Waals surface area contributed by atoms with Gasteiger partial charge in [-0.25, -0.2) is 14.4 Å². The molecule has 0 spiro atoms. The second kappa shape index (κ2) is 35.2. The number of hydroxylamine groups is 2. The van der Waals surface area contributed by atoms with Crippen LogP contribution in [0.5, 0.6) is 5.75 Å². The van der Waals surface area contributed by atoms with E-state index < -0.39 is 139 Å². The Bertz CT molecular complexity index is 2790. The number of esters is 1. The molecule has 0 saturated carbocycles. The summed E-state index contributed by atoms with van der Waals surface area (Å²) in [5, 5.41) is 17.1. The number of methoxy groups -OCH3 is 2. The fraction of sp³-hybridized carbons (Fsp3) is 0.625. The molecule has 2 fully saturated rings. The van der Waals surface area contributed by atoms with Crippen molar-refractivity contribution in [3.05, 3.63) is 77.9 Å². The van der Waals surface area contributed by atoms with Gasteiger partial charge in [-0.05, 0) is 66.9 Å². The molecule has 3 aliphatic heterocycles. The minimum Gasteiger partial charge on any atom is -0.445 e. The third-order valence-corrected chi connectivity index (χ3v) is 16.6. The molecule has 5 rings (SSSR count). The number of carbonyl (C=O) groups excluding carboxylic acids is 10. The minimum atomic E-state index is -1.45. The molecule has 90 heavy (non-hydrogen) atoms. The number of imide groups is 1. The van der Waals surface area contributed by atoms with Gasteiger partial charge in [0.25, 0.3) is 11.8 Å². The van der Waals surface area contributed by atoms with Gasteiger partial charge in [0.05, 0.1) is 74.3 Å². The second-order valence-corrected chi connectivity index (χ2v) is 23.9. The lowest BCUT2D eigenvalue weighted by molar-refractivity contribution is -0.201. The number of hydrogen-bond donors (Lipinski definition) is 3. The zero-order valence-electron chi connectivity index (χ0n) is 54.2. The maximum atomic E-state index is 14.8. The molecule has 0 aromatic heterocycles. The highest BCUT2D eigenvalue weighted by molar-refractivity contribution is 6.02. The van der Waals surface area contributed by atoms with Crippen LogP contribution in [0.25, 0.3) is 0 Å². The van der Waals surface area contributed by atoms with Crippen LogP contribution in [0.4, 0.5) is 9.59 Å². The summed E-state index contributed by atoms with van der Waals surface area (Å²) < 4.78 is 39.3. The van der Waals surface area contributed by atoms with E-state index in [0.717, 1.165) is 9.80 Å². The number of likely N-dealkylation sites (tertiary alicyclic amines) is 1. The van der Waals surface area contributed by atoms with E-state index in [1.165, 1.54) is 51.4 Å². The Morgan fingerprint density at radius 2 is 1.49 bits per heavy atom. The maximum absolute atomic E-state index is 14.8. The average Bonchev–Trinajstić information content (AvgIpc) is 1.63. The highest BCUT2D eigenvalue weighted by atomic mass is 16.7. The van der Waals surface area contributed by atoms with Crippen molar-refractivity contribution in [3.63, 3.8) is 0 Å². The van der Waals surface area contributed by atoms with Crippen LogP contribution in [-0.4, -0.2) is 206 Å². The van der Waals surface area contributed by atoms with Crippen LogP contribution in [0.1, 0.15) is 118 Å². The van der Waals surface area contributed by atoms with Crippen molar-refractivity contribution in [1.82, 2.24) is 35.3 Å². The van der Waals surface area contributed by atoms with Crippen molar-refractivity contribution in [2.75, 3.05) is 68.5 Å². The molecule has 0 bridgehead atoms. The van der Waals surface area contributed by atoms with Crippen molar-refractivity contribution >= 4 is 59.6 Å². The molecule has 3 aliphatic rings. The Hall–Kier alpha value is -7.52. The number of aliphatic hydroxyl groups is 1. The summed E-state index contributed by atoms with van der Waals surface area (Å²) in [6.45, 7) is 14.2. The van der Waals surface area contributed by atoms with E-state index in [1.807, 2.05) is 32.0 Å². The number of hydrogen-bond acceptors (Lipinski definition) is 19. The van der Waals surface area contributed by atoms with E-state index in [0.29, 0.717) is 42.0 Å². The SMILES string of the molecule is CC[C@H](C)[C@@H]([C@@H](CC(=O)N1CCC[C@H]1[C@H](OC)[C@@H](C)C(=O)N[C@H](C)[C@@H](O)c1ccccc1)OC)N(C)C(=O)[C@@H](NC(=O)[C@H](C(C)C)N(C)C(=O)OCc1cccc(OC(=O)CC(CN(C)C(=O)OC2/C=C/COCOC2)C(=O)ON2C(=O)CCC2=O)c1)C(C)C. The predicted octanol–water partition coefficient (Wildman–Crippen LogP) is 5.10. The molecule has 498 valence electrons. The maximum Gasteiger partial charge on any atom is 0.410 e. The summed E-state index contributed by atoms with van der Waals surface area (Å²) in [6, 6.07) is 11.1. The van der Waals surface area contributed by atoms with Crippen LogP contribution >= 0.6 is 0 Å². The molecule has 0 radical (unpaired) electrons. The van der Waals surface area contributed by atoms with Crippen LogP contribution in [-0.2, 0) is 78.2 Å². The highest BCUT2D eigenvalue weighted by Crippen LogP contribution is 2.31. The van der Waals surface area contributed by atoms with Crippen molar-refractivity contribution < 1.29 is 91.0 Å². The summed E-state index contributed by atoms with van der Waals surface area (Å²) in [5.41, 5.74) is 1.02. The molecule has 0 aliphatic carbocycles. The first-order valence-corrected chi connectivity index (χ1v) is 30.7. The van der Waals surface area contributed by atoms with Gasteiger partial charge in [0.15, 0.2) is 0 Å². The number of amides is 8. The van der Waals surface area contributed by atoms with E-state index in [2.05, 4.69) is 10.6 Å². The minimum absolute atomic E-state index is 0.0145. The smallest absolute Gasteiger partial charge is 0.410 e. The lowest BCUT2D eigenvalue weighted by atomic mass is 9.89. The largest absolute Gasteiger partial charge is 0.445 e. The van der Waals surface area contributed by atoms with Crippen molar-refractivity contribution in [2.45, 2.75) is 162 Å². The Kier molecular flexibility index (Phi) is 28.6. The molecule has 2 saturated heterocycles. The summed E-state index contributed by atoms with van der Waals surface area (Å²) in [6.07, 6.45) is -1.05. The monoisotopic (exact) mass is 1260 g/mol. The third kappa shape index (κ3) is 20.2. The van der Waals surface area contributed by atoms with E-state index in [9.17, 15) is 53.1 Å². The summed E-state index contributed by atoms with van der Waals surface area (Å²) in [4.78, 5) is 146. The fourth-order valence-corrected chi connectivity index (χ4v) is 11.4. The van der Waals surface area contributed by atoms with Gasteiger partial charge in [0, 0.05) is 61.3 Å². The van der Waals surface area contributed by atoms with Crippen LogP contribution in [0.2, 0.25) is 0 Å². The van der Waals surface area contributed by atoms with Gasteiger partial charge < -0.3 is 68.4 Å². The molecule has 12 atom stereocenters. The molecule has 3 N–H and O–H groups in total. The number of benzene rings is 2. The summed E-state index contributed by atoms with van der Waals surface area (Å²) in [7, 11) is 7.32. The van der Waals surface area contributed by atoms with Gasteiger partial charge >= 0.3 is 24.1 Å². The van der Waals surface area contributed by atoms with Gasteiger partial charge in [-0.3, -0.25) is 38.5 Å². The van der Waals surface area contributed by atoms with Crippen molar-refractivity contribution in [3.8, 4) is 5.75 Å². The van der Waals surface area contributed by atoms with Crippen molar-refractivity contribution in [2.24, 2.45) is 29.6 Å². The first kappa shape index (κ1) is 73.2. The van der Waals surface area contributed by atoms with Crippen LogP contribution in [0.3, 0.4) is 0 Å². The Labute approximate surface area is 527 Å². The number of ether oxygens (including phenoxy) is 7. The van der Waals surface area contributed by atoms with E-state index in [-0.39, 0.29) is 69.4 Å². The number of likely N-dealkylation sites (N-methyl/N-ethyl adjacent to an activating group) is 2. The number of nitrogens with zero attached hydrogens (tertiary/aromatic N) is 5. The normalized spacial score (nSPS) is 19.7. The van der Waals surface area contributed by atoms with Gasteiger partial charge in [0.1, 0.15) is 37.3 Å². The molecular formula is C64H93N7O19. The van der Waals surface area contributed by atoms with Gasteiger partial charge in [-0.2, -0.15) is 0 Å². The Morgan fingerprint density at radius 3 is 2.12 bits per heavy atom. The van der Waals surface area contributed by atoms with E-state index in [4.69, 9.17) is 38.0 Å². The molecule has 2 unspecified atom stereocenters. The zero-order chi connectivity index (χ0) is 66.5. The highest BCUT2D eigenvalue weighted by Gasteiger charge is 2.44. The number of carbonyl (C=O) groups is 10. The molecular weight excluding hydrogens is 1170 g/mol. The second-order valence-electron chi connectivity index (χ2n) is 23.9. The average molecular weight is 1260 g/mol. The van der Waals surface area contributed by atoms with Crippen molar-refractivity contribution in [1.29, 1.82) is 0 Å². The topological polar surface area (TPSA) is 305 Å². The third-order valence-electron chi connectivity index (χ3n) is 16.6. The first-order valence-electron chi connectivity index (χ1n) is 30.7. The lowest BCUT2D eigenvalue weighted by Gasteiger charge is -2.41. The first-order chi connectivity index (χ1) is 42.7. The van der Waals surface area contributed by atoms with Gasteiger partial charge in [-0.1, -0.05) is 103 Å². The zero-order valence-corrected chi connectivity index (χ0v) is 54.2. The Balaban J connectivity index is 1.21. The van der Waals surface area contributed by atoms with Gasteiger partial charge in [-0.15, -0.1) is 5.06 Å². The quantitative estimate of drug-likeness (QED) is 0.0397. The number of nitrogens with one attached hydrogen (secondary N) is 2. The van der Waals surface area contributed by atoms with E-state index in [1.54, 1.807) is 83.8 Å². The van der Waals surface area contributed by atoms with Crippen LogP contribution in [0.15, 0.2) is 66.7 Å². The summed E-state index contributed by atoms with van der Waals surface area (Å²) >= 11 is 0. The van der Waals surface area contributed by atoms with E-state index >= 15 is 0 Å². The standard InChI is InChI=1S/C64H93N7O19/c1-14-40(6)56(49(83-12)33-52(74)70-29-19-26-48(70)58(84-13)41(7)59(77)65-42(8)57(76)44-22-16-15-17-23-44)68(10)61(79)54(38(2)3)66-60(78)55(39(4)5)69(11)64(82)87-35-43-21-18-24-46(31-43)88-53(75)32-45(62(80)90-71-50(72)27-28-51(71)73)34-67(9)63(81)89-47-25-20-30-85-37-86-36-47/h15-18,20-25,31,38-42,45,47-49,54-58,76H,14,19,26-30,32-37H2,1-13H3,(H,65,77)(H,66,78)/b25-20+/t40-,41+,42+,45?,47?,48-,49+,54-,55-,56-,57+,58+/m0/s1. The van der Waals surface area contributed by atoms with Crippen LogP contribution in [0, 0.1) is 29.6 Å². The number of aliphatic hydroxyl groups excluding tert-OH is 1. The summed E-state index contributed by atoms with van der Waals surface area (Å²) in [5.74, 6) is -8.57. The molecule has 26 nitrogen and oxygen atoms in total. The predicted molar refractivity (Wildman–Crippen MR) is 325 cm³/mol. The Morgan fingerprint density at radius 1 is 0.800 bits per heavy atom. The lowest BCUT2D eigenvalue weighted by Crippen LogP contribution is -2.60. The molecule has 2 aromatic carbocycles. The molecule has 8 amide bonds. The fourth-order valence-electron chi connectivity index (χ4n) is 11.4. The molecule has 26 heteroatoms. The molecule has 3 heterocycles.